The summed E-state index contributed by atoms with van der Waals surface area (Å²) in [6.45, 7) is 0.465. The number of benzene rings is 1. The molecule has 0 saturated heterocycles. The number of aromatic nitrogens is 2. The minimum atomic E-state index is -0.695. The second-order valence-electron chi connectivity index (χ2n) is 7.29. The molecule has 30 heavy (non-hydrogen) atoms. The number of hydrogen-bond donors (Lipinski definition) is 0. The van der Waals surface area contributed by atoms with Crippen molar-refractivity contribution in [1.82, 2.24) is 14.6 Å². The standard InChI is InChI=1S/C22H15F3N4O/c23-16-7-14(8-17(24)9-16)20-1-3-27-29(20)22(30)15-5-13(6-15)12-28-4-2-19-21(28)10-18(25)11-26-19/h2-4,7-11,20H,1,5,12H2. The van der Waals surface area contributed by atoms with Crippen LogP contribution in [-0.2, 0) is 11.3 Å². The molecule has 1 aromatic carbocycles. The van der Waals surface area contributed by atoms with E-state index in [1.807, 2.05) is 10.8 Å². The predicted molar refractivity (Wildman–Crippen MR) is 104 cm³/mol. The zero-order valence-electron chi connectivity index (χ0n) is 15.6. The summed E-state index contributed by atoms with van der Waals surface area (Å²) in [6, 6.07) is 5.88. The summed E-state index contributed by atoms with van der Waals surface area (Å²) >= 11 is 0. The van der Waals surface area contributed by atoms with E-state index < -0.39 is 23.5 Å². The normalized spacial score (nSPS) is 17.8. The lowest BCUT2D eigenvalue weighted by Gasteiger charge is -2.25. The van der Waals surface area contributed by atoms with Crippen molar-refractivity contribution >= 4 is 23.2 Å². The number of hydrazone groups is 1. The fourth-order valence-corrected chi connectivity index (χ4v) is 3.81. The van der Waals surface area contributed by atoms with Gasteiger partial charge < -0.3 is 4.57 Å². The van der Waals surface area contributed by atoms with Crippen LogP contribution in [0.2, 0.25) is 0 Å². The number of rotatable bonds is 4. The van der Waals surface area contributed by atoms with Crippen molar-refractivity contribution in [2.75, 3.05) is 0 Å². The lowest BCUT2D eigenvalue weighted by molar-refractivity contribution is -0.129. The van der Waals surface area contributed by atoms with Crippen molar-refractivity contribution in [3.05, 3.63) is 82.6 Å². The fourth-order valence-electron chi connectivity index (χ4n) is 3.81. The fraction of sp³-hybridized carbons (Fsp3) is 0.182. The number of halogens is 3. The first-order chi connectivity index (χ1) is 14.5. The van der Waals surface area contributed by atoms with Gasteiger partial charge in [-0.2, -0.15) is 5.10 Å². The molecular weight excluding hydrogens is 393 g/mol. The van der Waals surface area contributed by atoms with E-state index in [1.54, 1.807) is 12.3 Å². The number of amides is 1. The summed E-state index contributed by atoms with van der Waals surface area (Å²) in [5.41, 5.74) is 6.10. The molecule has 0 fully saturated rings. The number of carbonyl (C=O) groups excluding carboxylic acids is 1. The van der Waals surface area contributed by atoms with E-state index in [4.69, 9.17) is 0 Å². The molecule has 0 saturated carbocycles. The van der Waals surface area contributed by atoms with Crippen molar-refractivity contribution in [2.24, 2.45) is 5.10 Å². The highest BCUT2D eigenvalue weighted by Gasteiger charge is 2.32. The summed E-state index contributed by atoms with van der Waals surface area (Å²) in [4.78, 5) is 16.9. The molecule has 1 aliphatic heterocycles. The van der Waals surface area contributed by atoms with Gasteiger partial charge in [-0.1, -0.05) is 0 Å². The molecular formula is C22H15F3N4O. The molecule has 5 rings (SSSR count). The highest BCUT2D eigenvalue weighted by atomic mass is 19.1. The van der Waals surface area contributed by atoms with E-state index in [9.17, 15) is 18.0 Å². The van der Waals surface area contributed by atoms with Gasteiger partial charge in [0.15, 0.2) is 0 Å². The van der Waals surface area contributed by atoms with Gasteiger partial charge in [-0.15, -0.1) is 5.73 Å². The van der Waals surface area contributed by atoms with Crippen LogP contribution in [0.5, 0.6) is 0 Å². The topological polar surface area (TPSA) is 50.5 Å². The maximum atomic E-state index is 13.6. The minimum Gasteiger partial charge on any atom is -0.341 e. The smallest absolute Gasteiger partial charge is 0.278 e. The van der Waals surface area contributed by atoms with E-state index in [0.29, 0.717) is 41.6 Å². The van der Waals surface area contributed by atoms with Crippen molar-refractivity contribution in [3.8, 4) is 0 Å². The van der Waals surface area contributed by atoms with Gasteiger partial charge in [0.2, 0.25) is 0 Å². The van der Waals surface area contributed by atoms with Crippen molar-refractivity contribution < 1.29 is 18.0 Å². The zero-order valence-corrected chi connectivity index (χ0v) is 15.6. The van der Waals surface area contributed by atoms with Gasteiger partial charge in [0, 0.05) is 37.4 Å². The monoisotopic (exact) mass is 408 g/mol. The highest BCUT2D eigenvalue weighted by molar-refractivity contribution is 5.96. The van der Waals surface area contributed by atoms with E-state index >= 15 is 0 Å². The van der Waals surface area contributed by atoms with Gasteiger partial charge in [0.1, 0.15) is 17.5 Å². The Kier molecular flexibility index (Phi) is 4.29. The lowest BCUT2D eigenvalue weighted by atomic mass is 9.95. The SMILES string of the molecule is O=C(C1=C=C(Cn2ccc3ncc(F)cc32)C1)N1N=CCC1c1cc(F)cc(F)c1. The maximum absolute atomic E-state index is 13.6. The summed E-state index contributed by atoms with van der Waals surface area (Å²) in [5.74, 6) is -2.14. The van der Waals surface area contributed by atoms with Gasteiger partial charge in [-0.05, 0) is 29.3 Å². The second-order valence-corrected chi connectivity index (χ2v) is 7.29. The van der Waals surface area contributed by atoms with E-state index in [2.05, 4.69) is 15.8 Å². The third kappa shape index (κ3) is 3.21. The van der Waals surface area contributed by atoms with Crippen molar-refractivity contribution in [2.45, 2.75) is 25.4 Å². The number of nitrogens with zero attached hydrogens (tertiary/aromatic N) is 4. The van der Waals surface area contributed by atoms with E-state index in [0.717, 1.165) is 11.6 Å². The molecule has 3 heterocycles. The molecule has 0 radical (unpaired) electrons. The molecule has 1 amide bonds. The Bertz CT molecular complexity index is 1270. The molecule has 0 spiro atoms. The molecule has 2 aromatic heterocycles. The molecule has 2 aliphatic rings. The Morgan fingerprint density at radius 2 is 1.90 bits per heavy atom. The first-order valence-electron chi connectivity index (χ1n) is 9.38. The van der Waals surface area contributed by atoms with Gasteiger partial charge in [-0.3, -0.25) is 9.78 Å². The summed E-state index contributed by atoms with van der Waals surface area (Å²) < 4.78 is 42.5. The average Bonchev–Trinajstić information content (AvgIpc) is 3.30. The van der Waals surface area contributed by atoms with Crippen LogP contribution in [0.15, 0.2) is 64.7 Å². The van der Waals surface area contributed by atoms with Gasteiger partial charge >= 0.3 is 0 Å². The molecule has 1 atom stereocenters. The maximum Gasteiger partial charge on any atom is 0.278 e. The van der Waals surface area contributed by atoms with Crippen LogP contribution in [0.3, 0.4) is 0 Å². The minimum absolute atomic E-state index is 0.341. The lowest BCUT2D eigenvalue weighted by Crippen LogP contribution is -2.30. The molecule has 5 nitrogen and oxygen atoms in total. The molecule has 3 aromatic rings. The summed E-state index contributed by atoms with van der Waals surface area (Å²) in [7, 11) is 0. The Labute approximate surface area is 169 Å². The second kappa shape index (κ2) is 7.00. The third-order valence-electron chi connectivity index (χ3n) is 5.23. The van der Waals surface area contributed by atoms with Gasteiger partial charge in [0.25, 0.3) is 5.91 Å². The number of hydrogen-bond acceptors (Lipinski definition) is 3. The Balaban J connectivity index is 1.37. The zero-order chi connectivity index (χ0) is 20.8. The summed E-state index contributed by atoms with van der Waals surface area (Å²) in [5, 5.41) is 5.34. The Morgan fingerprint density at radius 3 is 2.67 bits per heavy atom. The van der Waals surface area contributed by atoms with Crippen LogP contribution in [0.1, 0.15) is 24.4 Å². The molecule has 150 valence electrons. The first kappa shape index (κ1) is 18.4. The third-order valence-corrected chi connectivity index (χ3v) is 5.23. The van der Waals surface area contributed by atoms with Crippen molar-refractivity contribution in [1.29, 1.82) is 0 Å². The van der Waals surface area contributed by atoms with Crippen LogP contribution in [-0.4, -0.2) is 26.7 Å². The molecule has 0 N–H and O–H groups in total. The highest BCUT2D eigenvalue weighted by Crippen LogP contribution is 2.33. The number of fused-ring (bicyclic) bond motifs is 1. The van der Waals surface area contributed by atoms with Crippen LogP contribution in [0.25, 0.3) is 11.0 Å². The number of carbonyl (C=O) groups is 1. The van der Waals surface area contributed by atoms with Crippen LogP contribution >= 0.6 is 0 Å². The molecule has 1 unspecified atom stereocenters. The quantitative estimate of drug-likeness (QED) is 0.606. The average molecular weight is 408 g/mol. The number of pyridine rings is 1. The van der Waals surface area contributed by atoms with Crippen LogP contribution < -0.4 is 0 Å². The molecule has 0 bridgehead atoms. The van der Waals surface area contributed by atoms with E-state index in [1.165, 1.54) is 29.4 Å². The van der Waals surface area contributed by atoms with Crippen LogP contribution in [0.4, 0.5) is 13.2 Å². The largest absolute Gasteiger partial charge is 0.341 e. The Hall–Kier alpha value is -3.64. The first-order valence-corrected chi connectivity index (χ1v) is 9.38. The Morgan fingerprint density at radius 1 is 1.13 bits per heavy atom. The predicted octanol–water partition coefficient (Wildman–Crippen LogP) is 4.27. The van der Waals surface area contributed by atoms with Gasteiger partial charge in [0.05, 0.1) is 35.4 Å². The van der Waals surface area contributed by atoms with Gasteiger partial charge in [-0.25, -0.2) is 18.2 Å². The molecule has 8 heteroatoms. The molecule has 1 aliphatic carbocycles. The van der Waals surface area contributed by atoms with E-state index in [-0.39, 0.29) is 5.91 Å². The summed E-state index contributed by atoms with van der Waals surface area (Å²) in [6.07, 6.45) is 5.33. The van der Waals surface area contributed by atoms with Crippen LogP contribution in [0, 0.1) is 17.5 Å². The van der Waals surface area contributed by atoms with Crippen molar-refractivity contribution in [3.63, 3.8) is 0 Å².